The van der Waals surface area contributed by atoms with Gasteiger partial charge in [0.2, 0.25) is 0 Å². The second-order valence-corrected chi connectivity index (χ2v) is 9.02. The molecule has 0 aromatic heterocycles. The van der Waals surface area contributed by atoms with Crippen LogP contribution in [0.5, 0.6) is 0 Å². The smallest absolute Gasteiger partial charge is 0.308 e. The van der Waals surface area contributed by atoms with Gasteiger partial charge >= 0.3 is 5.97 Å². The number of esters is 1. The molecule has 0 amide bonds. The van der Waals surface area contributed by atoms with E-state index in [1.807, 2.05) is 0 Å². The molecular weight excluding hydrogens is 296 g/mol. The highest BCUT2D eigenvalue weighted by Gasteiger charge is 2.32. The number of carbonyl (C=O) groups is 1. The fourth-order valence-electron chi connectivity index (χ4n) is 5.60. The van der Waals surface area contributed by atoms with Crippen LogP contribution in [0.15, 0.2) is 0 Å². The van der Waals surface area contributed by atoms with E-state index in [1.165, 1.54) is 77.0 Å². The molecule has 0 aromatic carbocycles. The van der Waals surface area contributed by atoms with Crippen LogP contribution in [0, 0.1) is 29.6 Å². The number of carbonyl (C=O) groups excluding carboxylic acids is 1. The first-order valence-corrected chi connectivity index (χ1v) is 10.9. The molecule has 2 heteroatoms. The fourth-order valence-corrected chi connectivity index (χ4v) is 5.60. The van der Waals surface area contributed by atoms with Crippen LogP contribution in [0.4, 0.5) is 0 Å². The lowest BCUT2D eigenvalue weighted by molar-refractivity contribution is -0.152. The summed E-state index contributed by atoms with van der Waals surface area (Å²) in [6, 6.07) is 0. The Hall–Kier alpha value is -0.530. The van der Waals surface area contributed by atoms with E-state index in [0.717, 1.165) is 30.6 Å². The highest BCUT2D eigenvalue weighted by Crippen LogP contribution is 2.40. The Morgan fingerprint density at radius 1 is 0.792 bits per heavy atom. The van der Waals surface area contributed by atoms with E-state index in [0.29, 0.717) is 12.5 Å². The second kappa shape index (κ2) is 9.25. The van der Waals surface area contributed by atoms with Crippen molar-refractivity contribution in [1.82, 2.24) is 0 Å². The van der Waals surface area contributed by atoms with Crippen molar-refractivity contribution >= 4 is 5.97 Å². The molecule has 0 aromatic rings. The van der Waals surface area contributed by atoms with Crippen LogP contribution in [-0.2, 0) is 9.53 Å². The quantitative estimate of drug-likeness (QED) is 0.565. The highest BCUT2D eigenvalue weighted by atomic mass is 16.5. The minimum Gasteiger partial charge on any atom is -0.465 e. The molecule has 0 spiro atoms. The molecule has 0 aliphatic heterocycles. The maximum atomic E-state index is 12.4. The molecule has 24 heavy (non-hydrogen) atoms. The third kappa shape index (κ3) is 4.99. The van der Waals surface area contributed by atoms with Crippen molar-refractivity contribution in [3.05, 3.63) is 0 Å². The summed E-state index contributed by atoms with van der Waals surface area (Å²) in [5, 5.41) is 0. The zero-order chi connectivity index (χ0) is 16.8. The molecule has 0 bridgehead atoms. The first-order chi connectivity index (χ1) is 11.7. The maximum Gasteiger partial charge on any atom is 0.308 e. The Bertz CT molecular complexity index is 371. The van der Waals surface area contributed by atoms with Gasteiger partial charge in [-0.2, -0.15) is 0 Å². The van der Waals surface area contributed by atoms with Gasteiger partial charge in [0, 0.05) is 0 Å². The summed E-state index contributed by atoms with van der Waals surface area (Å²) in [6.45, 7) is 2.94. The third-order valence-electron chi connectivity index (χ3n) is 7.36. The number of hydrogen-bond donors (Lipinski definition) is 0. The average molecular weight is 335 g/mol. The van der Waals surface area contributed by atoms with E-state index in [1.54, 1.807) is 0 Å². The van der Waals surface area contributed by atoms with E-state index >= 15 is 0 Å². The molecule has 3 fully saturated rings. The van der Waals surface area contributed by atoms with Crippen LogP contribution in [0.1, 0.15) is 96.8 Å². The molecule has 0 radical (unpaired) electrons. The van der Waals surface area contributed by atoms with Crippen molar-refractivity contribution in [2.24, 2.45) is 29.6 Å². The van der Waals surface area contributed by atoms with E-state index in [2.05, 4.69) is 6.92 Å². The van der Waals surface area contributed by atoms with Crippen molar-refractivity contribution < 1.29 is 9.53 Å². The normalized spacial score (nSPS) is 31.5. The molecule has 0 N–H and O–H groups in total. The van der Waals surface area contributed by atoms with E-state index in [-0.39, 0.29) is 11.9 Å². The molecule has 2 nitrogen and oxygen atoms in total. The summed E-state index contributed by atoms with van der Waals surface area (Å²) in [4.78, 5) is 12.4. The molecule has 0 heterocycles. The molecule has 3 aliphatic carbocycles. The van der Waals surface area contributed by atoms with Crippen LogP contribution in [0.2, 0.25) is 0 Å². The van der Waals surface area contributed by atoms with Crippen LogP contribution in [0.25, 0.3) is 0 Å². The summed E-state index contributed by atoms with van der Waals surface area (Å²) in [7, 11) is 0. The monoisotopic (exact) mass is 334 g/mol. The summed E-state index contributed by atoms with van der Waals surface area (Å²) in [5.74, 6) is 3.50. The standard InChI is InChI=1S/C22H38O2/c1-17(18-8-4-2-5-9-18)16-24-22(23)21-14-12-20(13-15-21)19-10-6-3-7-11-19/h17-21H,2-16H2,1H3. The van der Waals surface area contributed by atoms with Crippen LogP contribution in [0.3, 0.4) is 0 Å². The molecule has 138 valence electrons. The van der Waals surface area contributed by atoms with E-state index < -0.39 is 0 Å². The van der Waals surface area contributed by atoms with Gasteiger partial charge in [0.05, 0.1) is 12.5 Å². The Morgan fingerprint density at radius 3 is 1.96 bits per heavy atom. The van der Waals surface area contributed by atoms with Gasteiger partial charge in [0.15, 0.2) is 0 Å². The van der Waals surface area contributed by atoms with Crippen molar-refractivity contribution in [3.8, 4) is 0 Å². The van der Waals surface area contributed by atoms with Crippen molar-refractivity contribution in [2.75, 3.05) is 6.61 Å². The maximum absolute atomic E-state index is 12.4. The van der Waals surface area contributed by atoms with Gasteiger partial charge in [-0.05, 0) is 49.4 Å². The largest absolute Gasteiger partial charge is 0.465 e. The molecule has 3 rings (SSSR count). The van der Waals surface area contributed by atoms with Crippen LogP contribution in [-0.4, -0.2) is 12.6 Å². The average Bonchev–Trinajstić information content (AvgIpc) is 2.67. The Kier molecular flexibility index (Phi) is 7.04. The topological polar surface area (TPSA) is 26.3 Å². The summed E-state index contributed by atoms with van der Waals surface area (Å²) in [5.41, 5.74) is 0. The van der Waals surface area contributed by atoms with Crippen molar-refractivity contribution in [2.45, 2.75) is 96.8 Å². The second-order valence-electron chi connectivity index (χ2n) is 9.02. The Balaban J connectivity index is 1.35. The van der Waals surface area contributed by atoms with Gasteiger partial charge in [-0.25, -0.2) is 0 Å². The first-order valence-electron chi connectivity index (χ1n) is 10.9. The molecular formula is C22H38O2. The first kappa shape index (κ1) is 18.3. The Labute approximate surface area is 149 Å². The molecule has 1 unspecified atom stereocenters. The highest BCUT2D eigenvalue weighted by molar-refractivity contribution is 5.72. The Morgan fingerprint density at radius 2 is 1.33 bits per heavy atom. The van der Waals surface area contributed by atoms with Gasteiger partial charge in [-0.1, -0.05) is 71.1 Å². The number of hydrogen-bond acceptors (Lipinski definition) is 2. The third-order valence-corrected chi connectivity index (χ3v) is 7.36. The molecule has 3 saturated carbocycles. The SMILES string of the molecule is CC(COC(=O)C1CCC(C2CCCCC2)CC1)C1CCCCC1. The lowest BCUT2D eigenvalue weighted by Gasteiger charge is -2.35. The zero-order valence-corrected chi connectivity index (χ0v) is 15.8. The van der Waals surface area contributed by atoms with Gasteiger partial charge in [0.1, 0.15) is 0 Å². The predicted molar refractivity (Wildman–Crippen MR) is 98.7 cm³/mol. The summed E-state index contributed by atoms with van der Waals surface area (Å²) in [6.07, 6.45) is 18.7. The van der Waals surface area contributed by atoms with Gasteiger partial charge in [-0.3, -0.25) is 4.79 Å². The van der Waals surface area contributed by atoms with Gasteiger partial charge < -0.3 is 4.74 Å². The zero-order valence-electron chi connectivity index (χ0n) is 15.8. The van der Waals surface area contributed by atoms with E-state index in [9.17, 15) is 4.79 Å². The fraction of sp³-hybridized carbons (Fsp3) is 0.955. The molecule has 1 atom stereocenters. The van der Waals surface area contributed by atoms with Gasteiger partial charge in [-0.15, -0.1) is 0 Å². The minimum atomic E-state index is 0.111. The summed E-state index contributed by atoms with van der Waals surface area (Å²) >= 11 is 0. The lowest BCUT2D eigenvalue weighted by atomic mass is 9.71. The van der Waals surface area contributed by atoms with E-state index in [4.69, 9.17) is 4.74 Å². The van der Waals surface area contributed by atoms with Crippen molar-refractivity contribution in [3.63, 3.8) is 0 Å². The van der Waals surface area contributed by atoms with Crippen LogP contribution < -0.4 is 0 Å². The minimum absolute atomic E-state index is 0.111. The molecule has 3 aliphatic rings. The molecule has 0 saturated heterocycles. The number of rotatable bonds is 5. The van der Waals surface area contributed by atoms with Crippen LogP contribution >= 0.6 is 0 Å². The van der Waals surface area contributed by atoms with Gasteiger partial charge in [0.25, 0.3) is 0 Å². The van der Waals surface area contributed by atoms with Crippen molar-refractivity contribution in [1.29, 1.82) is 0 Å². The lowest BCUT2D eigenvalue weighted by Crippen LogP contribution is -2.29. The predicted octanol–water partition coefficient (Wildman–Crippen LogP) is 6.13. The summed E-state index contributed by atoms with van der Waals surface area (Å²) < 4.78 is 5.74. The number of ether oxygens (including phenoxy) is 1.